The van der Waals surface area contributed by atoms with Gasteiger partial charge in [0.25, 0.3) is 5.91 Å². The molecule has 0 unspecified atom stereocenters. The van der Waals surface area contributed by atoms with Crippen LogP contribution in [0.25, 0.3) is 10.9 Å². The van der Waals surface area contributed by atoms with Gasteiger partial charge >= 0.3 is 0 Å². The molecule has 1 aromatic heterocycles. The number of aromatic nitrogens is 1. The summed E-state index contributed by atoms with van der Waals surface area (Å²) < 4.78 is 5.56. The molecule has 0 radical (unpaired) electrons. The molecular weight excluding hydrogens is 326 g/mol. The molecule has 1 aromatic carbocycles. The Labute approximate surface area is 154 Å². The lowest BCUT2D eigenvalue weighted by Gasteiger charge is -2.45. The van der Waals surface area contributed by atoms with Gasteiger partial charge in [-0.25, -0.2) is 0 Å². The van der Waals surface area contributed by atoms with E-state index in [0.717, 1.165) is 43.8 Å². The molecule has 2 aromatic rings. The van der Waals surface area contributed by atoms with Gasteiger partial charge in [0.15, 0.2) is 0 Å². The van der Waals surface area contributed by atoms with Crippen LogP contribution in [0, 0.1) is 0 Å². The largest absolute Gasteiger partial charge is 0.370 e. The van der Waals surface area contributed by atoms with Gasteiger partial charge in [0.05, 0.1) is 30.8 Å². The number of benzene rings is 1. The van der Waals surface area contributed by atoms with E-state index in [-0.39, 0.29) is 11.4 Å². The highest BCUT2D eigenvalue weighted by molar-refractivity contribution is 6.05. The number of morpholine rings is 1. The van der Waals surface area contributed by atoms with Gasteiger partial charge < -0.3 is 15.0 Å². The zero-order valence-corrected chi connectivity index (χ0v) is 15.3. The predicted molar refractivity (Wildman–Crippen MR) is 101 cm³/mol. The van der Waals surface area contributed by atoms with E-state index in [1.807, 2.05) is 30.3 Å². The SMILES string of the molecule is O=C(NCC1([NH+]2CCOCC2)CCCCC1)c1cccc2cccnc12. The van der Waals surface area contributed by atoms with Crippen LogP contribution in [-0.2, 0) is 4.74 Å². The van der Waals surface area contributed by atoms with Gasteiger partial charge in [0, 0.05) is 24.4 Å². The molecule has 4 rings (SSSR count). The van der Waals surface area contributed by atoms with Crippen molar-refractivity contribution in [3.05, 3.63) is 42.1 Å². The maximum atomic E-state index is 12.9. The van der Waals surface area contributed by atoms with Crippen molar-refractivity contribution in [2.45, 2.75) is 37.6 Å². The average molecular weight is 354 g/mol. The summed E-state index contributed by atoms with van der Waals surface area (Å²) in [6.45, 7) is 4.50. The Bertz CT molecular complexity index is 759. The first-order valence-electron chi connectivity index (χ1n) is 9.83. The highest BCUT2D eigenvalue weighted by atomic mass is 16.5. The summed E-state index contributed by atoms with van der Waals surface area (Å²) in [7, 11) is 0. The first-order chi connectivity index (χ1) is 12.8. The third-order valence-electron chi connectivity index (χ3n) is 6.12. The molecule has 1 saturated heterocycles. The highest BCUT2D eigenvalue weighted by Crippen LogP contribution is 2.26. The fourth-order valence-corrected chi connectivity index (χ4v) is 4.66. The minimum atomic E-state index is -0.00749. The summed E-state index contributed by atoms with van der Waals surface area (Å²) in [6.07, 6.45) is 7.96. The van der Waals surface area contributed by atoms with E-state index in [9.17, 15) is 4.79 Å². The summed E-state index contributed by atoms with van der Waals surface area (Å²) in [6, 6.07) is 9.71. The number of quaternary nitrogens is 1. The minimum absolute atomic E-state index is 0.00749. The molecule has 5 heteroatoms. The summed E-state index contributed by atoms with van der Waals surface area (Å²) in [5, 5.41) is 4.26. The molecule has 1 aliphatic heterocycles. The molecule has 1 saturated carbocycles. The van der Waals surface area contributed by atoms with Gasteiger partial charge in [0.1, 0.15) is 18.6 Å². The Morgan fingerprint density at radius 1 is 1.12 bits per heavy atom. The molecule has 2 fully saturated rings. The number of pyridine rings is 1. The smallest absolute Gasteiger partial charge is 0.253 e. The van der Waals surface area contributed by atoms with Gasteiger partial charge in [-0.05, 0) is 25.0 Å². The monoisotopic (exact) mass is 354 g/mol. The fourth-order valence-electron chi connectivity index (χ4n) is 4.66. The number of carbonyl (C=O) groups is 1. The van der Waals surface area contributed by atoms with E-state index in [0.29, 0.717) is 5.56 Å². The number of hydrogen-bond acceptors (Lipinski definition) is 3. The van der Waals surface area contributed by atoms with Crippen LogP contribution < -0.4 is 10.2 Å². The molecule has 1 aliphatic carbocycles. The third-order valence-corrected chi connectivity index (χ3v) is 6.12. The van der Waals surface area contributed by atoms with Crippen LogP contribution in [0.1, 0.15) is 42.5 Å². The van der Waals surface area contributed by atoms with Crippen molar-refractivity contribution in [3.63, 3.8) is 0 Å². The van der Waals surface area contributed by atoms with Crippen molar-refractivity contribution in [1.29, 1.82) is 0 Å². The number of nitrogens with one attached hydrogen (secondary N) is 2. The van der Waals surface area contributed by atoms with E-state index in [1.54, 1.807) is 11.1 Å². The number of ether oxygens (including phenoxy) is 1. The Balaban J connectivity index is 1.52. The molecule has 2 N–H and O–H groups in total. The number of hydrogen-bond donors (Lipinski definition) is 2. The van der Waals surface area contributed by atoms with Crippen molar-refractivity contribution in [2.75, 3.05) is 32.8 Å². The molecule has 2 heterocycles. The van der Waals surface area contributed by atoms with Crippen molar-refractivity contribution in [3.8, 4) is 0 Å². The van der Waals surface area contributed by atoms with Crippen molar-refractivity contribution >= 4 is 16.8 Å². The highest BCUT2D eigenvalue weighted by Gasteiger charge is 2.42. The summed E-state index contributed by atoms with van der Waals surface area (Å²) in [4.78, 5) is 19.0. The normalized spacial score (nSPS) is 20.8. The lowest BCUT2D eigenvalue weighted by molar-refractivity contribution is -0.960. The van der Waals surface area contributed by atoms with Crippen molar-refractivity contribution < 1.29 is 14.4 Å². The predicted octanol–water partition coefficient (Wildman–Crippen LogP) is 1.58. The van der Waals surface area contributed by atoms with Gasteiger partial charge in [0.2, 0.25) is 0 Å². The minimum Gasteiger partial charge on any atom is -0.370 e. The number of amides is 1. The number of carbonyl (C=O) groups excluding carboxylic acids is 1. The standard InChI is InChI=1S/C21H27N3O2/c25-20(18-8-4-6-17-7-5-11-22-19(17)18)23-16-21(9-2-1-3-10-21)24-12-14-26-15-13-24/h4-8,11H,1-3,9-10,12-16H2,(H,23,25)/p+1. The molecule has 0 spiro atoms. The Kier molecular flexibility index (Phi) is 5.18. The van der Waals surface area contributed by atoms with Crippen LogP contribution in [0.3, 0.4) is 0 Å². The molecule has 0 atom stereocenters. The number of para-hydroxylation sites is 1. The summed E-state index contributed by atoms with van der Waals surface area (Å²) >= 11 is 0. The molecule has 1 amide bonds. The van der Waals surface area contributed by atoms with Crippen molar-refractivity contribution in [2.24, 2.45) is 0 Å². The van der Waals surface area contributed by atoms with Crippen LogP contribution >= 0.6 is 0 Å². The van der Waals surface area contributed by atoms with Crippen LogP contribution in [-0.4, -0.2) is 49.3 Å². The van der Waals surface area contributed by atoms with E-state index < -0.39 is 0 Å². The van der Waals surface area contributed by atoms with E-state index in [1.165, 1.54) is 32.1 Å². The molecule has 26 heavy (non-hydrogen) atoms. The number of fused-ring (bicyclic) bond motifs is 1. The summed E-state index contributed by atoms with van der Waals surface area (Å²) in [5.74, 6) is -0.00749. The molecule has 0 bridgehead atoms. The first-order valence-corrected chi connectivity index (χ1v) is 9.83. The van der Waals surface area contributed by atoms with Crippen LogP contribution in [0.15, 0.2) is 36.5 Å². The van der Waals surface area contributed by atoms with Crippen LogP contribution in [0.4, 0.5) is 0 Å². The Morgan fingerprint density at radius 3 is 2.69 bits per heavy atom. The van der Waals surface area contributed by atoms with Crippen LogP contribution in [0.2, 0.25) is 0 Å². The number of nitrogens with zero attached hydrogens (tertiary/aromatic N) is 1. The zero-order chi connectivity index (χ0) is 17.8. The lowest BCUT2D eigenvalue weighted by Crippen LogP contribution is -3.23. The molecule has 5 nitrogen and oxygen atoms in total. The van der Waals surface area contributed by atoms with Gasteiger partial charge in [-0.15, -0.1) is 0 Å². The zero-order valence-electron chi connectivity index (χ0n) is 15.3. The Hall–Kier alpha value is -1.98. The van der Waals surface area contributed by atoms with Gasteiger partial charge in [-0.1, -0.05) is 24.6 Å². The summed E-state index contributed by atoms with van der Waals surface area (Å²) in [5.41, 5.74) is 1.62. The van der Waals surface area contributed by atoms with Gasteiger partial charge in [-0.3, -0.25) is 9.78 Å². The second-order valence-corrected chi connectivity index (χ2v) is 7.62. The fraction of sp³-hybridized carbons (Fsp3) is 0.524. The molecule has 138 valence electrons. The van der Waals surface area contributed by atoms with Gasteiger partial charge in [-0.2, -0.15) is 0 Å². The maximum Gasteiger partial charge on any atom is 0.253 e. The lowest BCUT2D eigenvalue weighted by atomic mass is 9.79. The second-order valence-electron chi connectivity index (χ2n) is 7.62. The van der Waals surface area contributed by atoms with E-state index in [4.69, 9.17) is 4.74 Å². The Morgan fingerprint density at radius 2 is 1.88 bits per heavy atom. The van der Waals surface area contributed by atoms with Crippen LogP contribution in [0.5, 0.6) is 0 Å². The maximum absolute atomic E-state index is 12.9. The molecule has 2 aliphatic rings. The third kappa shape index (κ3) is 3.46. The topological polar surface area (TPSA) is 55.7 Å². The molecular formula is C21H28N3O2+. The average Bonchev–Trinajstić information content (AvgIpc) is 2.73. The number of rotatable bonds is 4. The first kappa shape index (κ1) is 17.4. The van der Waals surface area contributed by atoms with E-state index >= 15 is 0 Å². The van der Waals surface area contributed by atoms with Crippen molar-refractivity contribution in [1.82, 2.24) is 10.3 Å². The second kappa shape index (κ2) is 7.72. The van der Waals surface area contributed by atoms with E-state index in [2.05, 4.69) is 10.3 Å². The quantitative estimate of drug-likeness (QED) is 0.877.